The second-order valence-corrected chi connectivity index (χ2v) is 8.20. The van der Waals surface area contributed by atoms with Crippen LogP contribution in [0.4, 0.5) is 0 Å². The Morgan fingerprint density at radius 3 is 2.92 bits per heavy atom. The van der Waals surface area contributed by atoms with Crippen molar-refractivity contribution in [1.82, 2.24) is 14.9 Å². The van der Waals surface area contributed by atoms with Crippen LogP contribution in [0.2, 0.25) is 0 Å². The number of aryl methyl sites for hydroxylation is 2. The molecule has 2 saturated heterocycles. The Labute approximate surface area is 153 Å². The van der Waals surface area contributed by atoms with E-state index in [0.717, 1.165) is 56.2 Å². The first-order valence-electron chi connectivity index (χ1n) is 8.92. The zero-order valence-corrected chi connectivity index (χ0v) is 15.7. The number of thiazole rings is 1. The van der Waals surface area contributed by atoms with Gasteiger partial charge in [-0.2, -0.15) is 0 Å². The first-order chi connectivity index (χ1) is 12.1. The van der Waals surface area contributed by atoms with Gasteiger partial charge in [0.15, 0.2) is 0 Å². The van der Waals surface area contributed by atoms with E-state index in [1.54, 1.807) is 11.3 Å². The molecule has 0 amide bonds. The largest absolute Gasteiger partial charge is 0.372 e. The highest BCUT2D eigenvalue weighted by molar-refractivity contribution is 7.09. The summed E-state index contributed by atoms with van der Waals surface area (Å²) in [5, 5.41) is 3.31. The molecule has 1 atom stereocenters. The molecule has 0 aromatic carbocycles. The summed E-state index contributed by atoms with van der Waals surface area (Å²) < 4.78 is 12.3. The van der Waals surface area contributed by atoms with Crippen molar-refractivity contribution in [2.45, 2.75) is 51.5 Å². The first-order valence-corrected chi connectivity index (χ1v) is 9.80. The molecular weight excluding hydrogens is 334 g/mol. The van der Waals surface area contributed by atoms with E-state index in [-0.39, 0.29) is 11.7 Å². The quantitative estimate of drug-likeness (QED) is 0.821. The molecule has 2 aliphatic rings. The van der Waals surface area contributed by atoms with Gasteiger partial charge in [0.05, 0.1) is 30.6 Å². The summed E-state index contributed by atoms with van der Waals surface area (Å²) in [7, 11) is 0. The Morgan fingerprint density at radius 2 is 2.16 bits per heavy atom. The van der Waals surface area contributed by atoms with E-state index in [0.29, 0.717) is 6.61 Å². The molecule has 0 unspecified atom stereocenters. The van der Waals surface area contributed by atoms with Gasteiger partial charge in [0, 0.05) is 42.9 Å². The highest BCUT2D eigenvalue weighted by Gasteiger charge is 2.47. The van der Waals surface area contributed by atoms with Gasteiger partial charge in [-0.15, -0.1) is 11.3 Å². The second kappa shape index (κ2) is 7.11. The number of pyridine rings is 1. The van der Waals surface area contributed by atoms with Crippen LogP contribution in [0.15, 0.2) is 23.6 Å². The summed E-state index contributed by atoms with van der Waals surface area (Å²) in [4.78, 5) is 11.5. The lowest BCUT2D eigenvalue weighted by Gasteiger charge is -2.53. The van der Waals surface area contributed by atoms with Crippen molar-refractivity contribution in [2.75, 3.05) is 19.7 Å². The molecule has 0 aliphatic carbocycles. The van der Waals surface area contributed by atoms with Crippen molar-refractivity contribution in [2.24, 2.45) is 0 Å². The van der Waals surface area contributed by atoms with Crippen molar-refractivity contribution >= 4 is 11.3 Å². The van der Waals surface area contributed by atoms with Gasteiger partial charge in [0.25, 0.3) is 0 Å². The molecule has 2 aromatic heterocycles. The van der Waals surface area contributed by atoms with E-state index >= 15 is 0 Å². The van der Waals surface area contributed by atoms with Gasteiger partial charge < -0.3 is 9.47 Å². The van der Waals surface area contributed by atoms with E-state index in [2.05, 4.69) is 20.2 Å². The van der Waals surface area contributed by atoms with Crippen molar-refractivity contribution in [3.63, 3.8) is 0 Å². The van der Waals surface area contributed by atoms with Gasteiger partial charge in [-0.05, 0) is 32.4 Å². The standard InChI is InChI=1S/C19H25N3O2S/c1-14-4-3-5-16(20-14)10-23-17-6-7-24-19(8-17)12-22(13-19)9-18-21-15(2)11-25-18/h3-5,11,17H,6-10,12-13H2,1-2H3/t17-/m0/s1. The van der Waals surface area contributed by atoms with Gasteiger partial charge in [-0.25, -0.2) is 4.98 Å². The summed E-state index contributed by atoms with van der Waals surface area (Å²) >= 11 is 1.74. The van der Waals surface area contributed by atoms with Gasteiger partial charge in [-0.3, -0.25) is 9.88 Å². The smallest absolute Gasteiger partial charge is 0.107 e. The van der Waals surface area contributed by atoms with E-state index in [1.165, 1.54) is 5.01 Å². The monoisotopic (exact) mass is 359 g/mol. The van der Waals surface area contributed by atoms with Gasteiger partial charge >= 0.3 is 0 Å². The Kier molecular flexibility index (Phi) is 4.86. The summed E-state index contributed by atoms with van der Waals surface area (Å²) in [6.45, 7) is 8.33. The predicted octanol–water partition coefficient (Wildman–Crippen LogP) is 3.11. The average Bonchev–Trinajstić information content (AvgIpc) is 2.97. The highest BCUT2D eigenvalue weighted by Crippen LogP contribution is 2.36. The normalized spacial score (nSPS) is 22.9. The Morgan fingerprint density at radius 1 is 1.28 bits per heavy atom. The van der Waals surface area contributed by atoms with E-state index in [4.69, 9.17) is 9.47 Å². The van der Waals surface area contributed by atoms with Gasteiger partial charge in [-0.1, -0.05) is 6.07 Å². The zero-order valence-electron chi connectivity index (χ0n) is 14.9. The highest BCUT2D eigenvalue weighted by atomic mass is 32.1. The number of likely N-dealkylation sites (tertiary alicyclic amines) is 1. The minimum absolute atomic E-state index is 0.0186. The first kappa shape index (κ1) is 17.1. The van der Waals surface area contributed by atoms with Crippen molar-refractivity contribution < 1.29 is 9.47 Å². The number of hydrogen-bond donors (Lipinski definition) is 0. The van der Waals surface area contributed by atoms with Gasteiger partial charge in [0.2, 0.25) is 0 Å². The molecule has 0 radical (unpaired) electrons. The Bertz CT molecular complexity index is 727. The number of rotatable bonds is 5. The topological polar surface area (TPSA) is 47.5 Å². The maximum Gasteiger partial charge on any atom is 0.107 e. The maximum atomic E-state index is 6.14. The minimum Gasteiger partial charge on any atom is -0.372 e. The SMILES string of the molecule is Cc1cccc(CO[C@H]2CCOC3(C2)CN(Cc2nc(C)cs2)C3)n1. The third kappa shape index (κ3) is 4.08. The van der Waals surface area contributed by atoms with Crippen LogP contribution in [0.3, 0.4) is 0 Å². The molecule has 5 nitrogen and oxygen atoms in total. The zero-order chi connectivity index (χ0) is 17.3. The molecule has 0 N–H and O–H groups in total. The fourth-order valence-electron chi connectivity index (χ4n) is 3.78. The molecule has 2 aliphatic heterocycles. The fraction of sp³-hybridized carbons (Fsp3) is 0.579. The minimum atomic E-state index is -0.0186. The van der Waals surface area contributed by atoms with Gasteiger partial charge in [0.1, 0.15) is 5.01 Å². The molecular formula is C19H25N3O2S. The molecule has 4 heterocycles. The summed E-state index contributed by atoms with van der Waals surface area (Å²) in [6.07, 6.45) is 2.21. The van der Waals surface area contributed by atoms with E-state index < -0.39 is 0 Å². The summed E-state index contributed by atoms with van der Waals surface area (Å²) in [6, 6.07) is 6.08. The fourth-order valence-corrected chi connectivity index (χ4v) is 4.59. The molecule has 25 heavy (non-hydrogen) atoms. The van der Waals surface area contributed by atoms with Crippen LogP contribution in [-0.4, -0.2) is 46.3 Å². The third-order valence-corrected chi connectivity index (χ3v) is 5.86. The second-order valence-electron chi connectivity index (χ2n) is 7.26. The molecule has 134 valence electrons. The molecule has 0 bridgehead atoms. The predicted molar refractivity (Wildman–Crippen MR) is 97.6 cm³/mol. The summed E-state index contributed by atoms with van der Waals surface area (Å²) in [5.41, 5.74) is 3.14. The Hall–Kier alpha value is -1.34. The number of hydrogen-bond acceptors (Lipinski definition) is 6. The van der Waals surface area contributed by atoms with Crippen LogP contribution >= 0.6 is 11.3 Å². The van der Waals surface area contributed by atoms with Crippen molar-refractivity contribution in [3.05, 3.63) is 45.7 Å². The molecule has 4 rings (SSSR count). The number of aromatic nitrogens is 2. The van der Waals surface area contributed by atoms with E-state index in [1.807, 2.05) is 32.0 Å². The molecule has 1 spiro atoms. The van der Waals surface area contributed by atoms with E-state index in [9.17, 15) is 0 Å². The van der Waals surface area contributed by atoms with Crippen LogP contribution in [0.25, 0.3) is 0 Å². The lowest BCUT2D eigenvalue weighted by molar-refractivity contribution is -0.200. The van der Waals surface area contributed by atoms with Crippen molar-refractivity contribution in [3.8, 4) is 0 Å². The molecule has 6 heteroatoms. The summed E-state index contributed by atoms with van der Waals surface area (Å²) in [5.74, 6) is 0. The lowest BCUT2D eigenvalue weighted by atomic mass is 9.84. The van der Waals surface area contributed by atoms with Crippen LogP contribution in [0.1, 0.15) is 34.9 Å². The molecule has 2 aromatic rings. The van der Waals surface area contributed by atoms with Crippen LogP contribution in [0, 0.1) is 13.8 Å². The van der Waals surface area contributed by atoms with Crippen LogP contribution < -0.4 is 0 Å². The lowest BCUT2D eigenvalue weighted by Crippen LogP contribution is -2.65. The molecule has 2 fully saturated rings. The van der Waals surface area contributed by atoms with Crippen LogP contribution in [-0.2, 0) is 22.6 Å². The molecule has 0 saturated carbocycles. The van der Waals surface area contributed by atoms with Crippen molar-refractivity contribution in [1.29, 1.82) is 0 Å². The van der Waals surface area contributed by atoms with Crippen LogP contribution in [0.5, 0.6) is 0 Å². The maximum absolute atomic E-state index is 6.14. The number of nitrogens with zero attached hydrogens (tertiary/aromatic N) is 3. The third-order valence-electron chi connectivity index (χ3n) is 4.91. The average molecular weight is 359 g/mol. The number of ether oxygens (including phenoxy) is 2. The Balaban J connectivity index is 1.27.